The number of anilines is 1. The third kappa shape index (κ3) is 5.74. The van der Waals surface area contributed by atoms with Crippen molar-refractivity contribution in [3.05, 3.63) is 108 Å². The van der Waals surface area contributed by atoms with Crippen LogP contribution >= 0.6 is 19.5 Å². The van der Waals surface area contributed by atoms with E-state index in [9.17, 15) is 4.57 Å². The summed E-state index contributed by atoms with van der Waals surface area (Å²) in [5.41, 5.74) is 8.57. The first kappa shape index (κ1) is 30.0. The van der Waals surface area contributed by atoms with Gasteiger partial charge in [-0.25, -0.2) is 15.0 Å². The number of methoxy groups -OCH3 is 2. The topological polar surface area (TPSA) is 133 Å². The zero-order chi connectivity index (χ0) is 30.7. The van der Waals surface area contributed by atoms with E-state index in [1.54, 1.807) is 25.1 Å². The highest BCUT2D eigenvalue weighted by Gasteiger charge is 2.45. The van der Waals surface area contributed by atoms with Crippen LogP contribution < -0.4 is 15.2 Å². The molecule has 3 aromatic carbocycles. The summed E-state index contributed by atoms with van der Waals surface area (Å²) in [6.07, 6.45) is 1.57. The zero-order valence-corrected chi connectivity index (χ0v) is 25.8. The maximum absolute atomic E-state index is 12.2. The number of benzene rings is 3. The van der Waals surface area contributed by atoms with Crippen LogP contribution in [0.4, 0.5) is 5.82 Å². The second-order valence-corrected chi connectivity index (χ2v) is 11.8. The quantitative estimate of drug-likeness (QED) is 0.106. The standard InChI is InChI=1S/C31H30N5O6PS/c1-38-23-12-8-21(9-13-23)31(20-6-4-3-5-7-20,22-10-14-24(39-2)15-11-22)40-17-26-25(42-43(37)44)16-27(41-26)36-19-35-28-29(32)33-18-34-30(28)36/h3-15,18-19,25-27H,16-17H2,1-2H3,(H2-,32,33,34,37,44)/p+1/t25-,26+,27+/m0/s1. The van der Waals surface area contributed by atoms with E-state index in [4.69, 9.17) is 29.2 Å². The van der Waals surface area contributed by atoms with Gasteiger partial charge in [0.25, 0.3) is 0 Å². The molecular weight excluding hydrogens is 601 g/mol. The van der Waals surface area contributed by atoms with Crippen molar-refractivity contribution in [1.29, 1.82) is 0 Å². The highest BCUT2D eigenvalue weighted by molar-refractivity contribution is 8.39. The van der Waals surface area contributed by atoms with Gasteiger partial charge in [-0.05, 0) is 45.5 Å². The summed E-state index contributed by atoms with van der Waals surface area (Å²) in [7, 11) is 1.03. The third-order valence-electron chi connectivity index (χ3n) is 7.74. The van der Waals surface area contributed by atoms with Gasteiger partial charge >= 0.3 is 7.23 Å². The molecule has 13 heteroatoms. The fourth-order valence-corrected chi connectivity index (χ4v) is 6.43. The Morgan fingerprint density at radius 3 is 2.14 bits per heavy atom. The van der Waals surface area contributed by atoms with E-state index < -0.39 is 31.3 Å². The molecular formula is C31H31N5O6PS+. The highest BCUT2D eigenvalue weighted by atomic mass is 32.7. The maximum Gasteiger partial charge on any atom is 0.582 e. The van der Waals surface area contributed by atoms with E-state index in [2.05, 4.69) is 27.2 Å². The van der Waals surface area contributed by atoms with Crippen LogP contribution in [0.5, 0.6) is 11.5 Å². The molecule has 1 saturated heterocycles. The number of rotatable bonds is 11. The van der Waals surface area contributed by atoms with Crippen molar-refractivity contribution in [2.75, 3.05) is 26.6 Å². The second kappa shape index (κ2) is 12.9. The number of hydrogen-bond donors (Lipinski definition) is 2. The van der Waals surface area contributed by atoms with Crippen LogP contribution in [0, 0.1) is 0 Å². The van der Waals surface area contributed by atoms with Crippen LogP contribution in [0.2, 0.25) is 0 Å². The molecule has 2 N–H and O–H groups in total. The Labute approximate surface area is 260 Å². The minimum atomic E-state index is -2.23. The summed E-state index contributed by atoms with van der Waals surface area (Å²) >= 11 is 4.04. The van der Waals surface area contributed by atoms with Crippen molar-refractivity contribution in [2.24, 2.45) is 0 Å². The monoisotopic (exact) mass is 632 g/mol. The molecule has 0 saturated carbocycles. The van der Waals surface area contributed by atoms with Crippen LogP contribution in [0.15, 0.2) is 91.5 Å². The predicted octanol–water partition coefficient (Wildman–Crippen LogP) is 5.69. The van der Waals surface area contributed by atoms with E-state index in [1.807, 2.05) is 78.9 Å². The zero-order valence-electron chi connectivity index (χ0n) is 24.0. The molecule has 0 spiro atoms. The lowest BCUT2D eigenvalue weighted by atomic mass is 9.80. The first-order valence-corrected chi connectivity index (χ1v) is 16.2. The SMILES string of the molecule is COc1ccc(C(OC[C@H]2O[C@@H](n3cnc4c(N)ncnc43)C[C@@H]2O[P+](=O)S)(c2ccccc2)c2ccc(OC)cc2)cc1. The molecule has 0 radical (unpaired) electrons. The summed E-state index contributed by atoms with van der Waals surface area (Å²) in [5.74, 6) is 1.70. The number of imidazole rings is 1. The molecule has 0 amide bonds. The number of nitrogens with two attached hydrogens (primary N) is 1. The number of fused-ring (bicyclic) bond motifs is 1. The lowest BCUT2D eigenvalue weighted by Crippen LogP contribution is -2.38. The molecule has 4 atom stereocenters. The van der Waals surface area contributed by atoms with Gasteiger partial charge < -0.3 is 24.7 Å². The molecule has 0 aliphatic carbocycles. The van der Waals surface area contributed by atoms with Crippen molar-refractivity contribution in [1.82, 2.24) is 19.5 Å². The van der Waals surface area contributed by atoms with E-state index in [1.165, 1.54) is 6.33 Å². The summed E-state index contributed by atoms with van der Waals surface area (Å²) in [6.45, 7) is 0.0782. The molecule has 2 aromatic heterocycles. The van der Waals surface area contributed by atoms with Gasteiger partial charge in [0.05, 0.1) is 27.2 Å². The summed E-state index contributed by atoms with van der Waals surface area (Å²) in [6, 6.07) is 25.5. The molecule has 1 fully saturated rings. The predicted molar refractivity (Wildman–Crippen MR) is 168 cm³/mol. The van der Waals surface area contributed by atoms with Gasteiger partial charge in [-0.15, -0.1) is 4.52 Å². The van der Waals surface area contributed by atoms with Gasteiger partial charge in [0.2, 0.25) is 0 Å². The Bertz CT molecular complexity index is 1690. The Kier molecular flexibility index (Phi) is 8.79. The smallest absolute Gasteiger partial charge is 0.497 e. The molecule has 1 unspecified atom stereocenters. The van der Waals surface area contributed by atoms with Gasteiger partial charge in [0, 0.05) is 6.42 Å². The summed E-state index contributed by atoms with van der Waals surface area (Å²) < 4.78 is 44.2. The number of ether oxygens (including phenoxy) is 4. The summed E-state index contributed by atoms with van der Waals surface area (Å²) in [4.78, 5) is 12.7. The molecule has 11 nitrogen and oxygen atoms in total. The van der Waals surface area contributed by atoms with Crippen molar-refractivity contribution < 1.29 is 28.0 Å². The van der Waals surface area contributed by atoms with Gasteiger partial charge in [0.1, 0.15) is 59.6 Å². The second-order valence-electron chi connectivity index (χ2n) is 10.1. The third-order valence-corrected chi connectivity index (χ3v) is 8.47. The van der Waals surface area contributed by atoms with Crippen molar-refractivity contribution in [3.63, 3.8) is 0 Å². The Morgan fingerprint density at radius 2 is 1.55 bits per heavy atom. The molecule has 3 heterocycles. The summed E-state index contributed by atoms with van der Waals surface area (Å²) in [5, 5.41) is 0. The maximum atomic E-state index is 12.2. The normalized spacial score (nSPS) is 18.8. The molecule has 6 rings (SSSR count). The molecule has 1 aliphatic heterocycles. The Hall–Kier alpha value is -4.06. The first-order valence-electron chi connectivity index (χ1n) is 13.8. The average Bonchev–Trinajstić information content (AvgIpc) is 3.67. The van der Waals surface area contributed by atoms with Crippen molar-refractivity contribution in [3.8, 4) is 11.5 Å². The van der Waals surface area contributed by atoms with Crippen molar-refractivity contribution in [2.45, 2.75) is 30.5 Å². The van der Waals surface area contributed by atoms with E-state index in [0.29, 0.717) is 17.6 Å². The highest BCUT2D eigenvalue weighted by Crippen LogP contribution is 2.44. The number of nitrogens with zero attached hydrogens (tertiary/aromatic N) is 4. The molecule has 226 valence electrons. The number of hydrogen-bond acceptors (Lipinski definition) is 10. The van der Waals surface area contributed by atoms with Crippen LogP contribution in [-0.4, -0.2) is 52.6 Å². The van der Waals surface area contributed by atoms with Crippen LogP contribution in [0.3, 0.4) is 0 Å². The van der Waals surface area contributed by atoms with Gasteiger partial charge in [0.15, 0.2) is 11.5 Å². The number of thiol groups is 1. The minimum absolute atomic E-state index is 0.0782. The van der Waals surface area contributed by atoms with Gasteiger partial charge in [-0.1, -0.05) is 54.6 Å². The molecule has 1 aliphatic rings. The first-order chi connectivity index (χ1) is 21.4. The average molecular weight is 633 g/mol. The molecule has 0 bridgehead atoms. The largest absolute Gasteiger partial charge is 0.582 e. The molecule has 44 heavy (non-hydrogen) atoms. The van der Waals surface area contributed by atoms with E-state index >= 15 is 0 Å². The van der Waals surface area contributed by atoms with Crippen LogP contribution in [0.1, 0.15) is 29.3 Å². The Balaban J connectivity index is 1.40. The van der Waals surface area contributed by atoms with E-state index in [0.717, 1.165) is 28.2 Å². The van der Waals surface area contributed by atoms with Crippen LogP contribution in [-0.2, 0) is 24.2 Å². The van der Waals surface area contributed by atoms with Crippen molar-refractivity contribution >= 4 is 36.5 Å². The lowest BCUT2D eigenvalue weighted by Gasteiger charge is -2.37. The number of aromatic nitrogens is 4. The number of nitrogen functional groups attached to an aromatic ring is 1. The van der Waals surface area contributed by atoms with Crippen LogP contribution in [0.25, 0.3) is 11.2 Å². The minimum Gasteiger partial charge on any atom is -0.497 e. The van der Waals surface area contributed by atoms with E-state index in [-0.39, 0.29) is 12.4 Å². The van der Waals surface area contributed by atoms with Gasteiger partial charge in [-0.2, -0.15) is 0 Å². The fourth-order valence-electron chi connectivity index (χ4n) is 5.61. The fraction of sp³-hybridized carbons (Fsp3) is 0.258. The van der Waals surface area contributed by atoms with Gasteiger partial charge in [-0.3, -0.25) is 4.57 Å². The molecule has 5 aromatic rings. The Morgan fingerprint density at radius 1 is 0.932 bits per heavy atom. The lowest BCUT2D eigenvalue weighted by molar-refractivity contribution is -0.0894.